The number of imide groups is 1. The number of hydrogen-bond acceptors (Lipinski definition) is 7. The predicted octanol–water partition coefficient (Wildman–Crippen LogP) is 2.33. The second-order valence-electron chi connectivity index (χ2n) is 7.33. The van der Waals surface area contributed by atoms with Crippen molar-refractivity contribution in [2.45, 2.75) is 50.5 Å². The third kappa shape index (κ3) is 9.42. The van der Waals surface area contributed by atoms with E-state index in [9.17, 15) is 19.2 Å². The Hall–Kier alpha value is -2.62. The summed E-state index contributed by atoms with van der Waals surface area (Å²) in [4.78, 5) is 46.1. The van der Waals surface area contributed by atoms with E-state index in [2.05, 4.69) is 0 Å². The Balaban J connectivity index is 0.000000447. The molecule has 10 heteroatoms. The average Bonchev–Trinajstić information content (AvgIpc) is 2.94. The maximum absolute atomic E-state index is 12.0. The monoisotopic (exact) mass is 414 g/mol. The lowest BCUT2D eigenvalue weighted by molar-refractivity contribution is -0.134. The van der Waals surface area contributed by atoms with Gasteiger partial charge in [-0.1, -0.05) is 19.3 Å². The van der Waals surface area contributed by atoms with Gasteiger partial charge in [-0.3, -0.25) is 0 Å². The topological polar surface area (TPSA) is 134 Å². The van der Waals surface area contributed by atoms with Gasteiger partial charge in [0.25, 0.3) is 0 Å². The Bertz CT molecular complexity index is 593. The summed E-state index contributed by atoms with van der Waals surface area (Å²) >= 11 is 0. The van der Waals surface area contributed by atoms with Crippen molar-refractivity contribution in [2.24, 2.45) is 0 Å². The van der Waals surface area contributed by atoms with E-state index in [4.69, 9.17) is 19.7 Å². The molecule has 1 saturated carbocycles. The average molecular weight is 414 g/mol. The number of aliphatic carboxylic acids is 2. The van der Waals surface area contributed by atoms with Crippen LogP contribution in [0.25, 0.3) is 0 Å². The second-order valence-corrected chi connectivity index (χ2v) is 7.33. The van der Waals surface area contributed by atoms with Crippen LogP contribution in [-0.4, -0.2) is 83.5 Å². The third-order valence-electron chi connectivity index (χ3n) is 4.59. The fourth-order valence-electron chi connectivity index (χ4n) is 3.11. The Labute approximate surface area is 170 Å². The quantitative estimate of drug-likeness (QED) is 0.650. The lowest BCUT2D eigenvalue weighted by Crippen LogP contribution is -2.38. The normalized spacial score (nSPS) is 18.6. The van der Waals surface area contributed by atoms with Crippen molar-refractivity contribution in [3.63, 3.8) is 0 Å². The summed E-state index contributed by atoms with van der Waals surface area (Å²) in [5.74, 6) is -2.51. The molecule has 0 aromatic carbocycles. The van der Waals surface area contributed by atoms with Gasteiger partial charge in [-0.25, -0.2) is 24.1 Å². The molecule has 2 rings (SSSR count). The number of carboxylic acid groups (broad SMARTS) is 2. The summed E-state index contributed by atoms with van der Waals surface area (Å²) in [7, 11) is 3.81. The minimum atomic E-state index is -1.26. The summed E-state index contributed by atoms with van der Waals surface area (Å²) in [5.41, 5.74) is -0.474. The van der Waals surface area contributed by atoms with Crippen LogP contribution in [-0.2, 0) is 19.1 Å². The number of nitrogens with zero attached hydrogens (tertiary/aromatic N) is 2. The second kappa shape index (κ2) is 12.1. The highest BCUT2D eigenvalue weighted by Gasteiger charge is 2.47. The largest absolute Gasteiger partial charge is 0.478 e. The van der Waals surface area contributed by atoms with Gasteiger partial charge in [0, 0.05) is 18.7 Å². The van der Waals surface area contributed by atoms with E-state index < -0.39 is 29.7 Å². The first kappa shape index (κ1) is 24.4. The van der Waals surface area contributed by atoms with Gasteiger partial charge in [0.2, 0.25) is 0 Å². The number of likely N-dealkylation sites (N-methyl/N-ethyl adjacent to an activating group) is 1. The van der Waals surface area contributed by atoms with Gasteiger partial charge in [-0.15, -0.1) is 0 Å². The lowest BCUT2D eigenvalue weighted by atomic mass is 9.87. The molecule has 0 aromatic rings. The van der Waals surface area contributed by atoms with Crippen molar-refractivity contribution in [1.82, 2.24) is 9.80 Å². The smallest absolute Gasteiger partial charge is 0.420 e. The zero-order valence-electron chi connectivity index (χ0n) is 17.0. The van der Waals surface area contributed by atoms with Crippen LogP contribution in [0.15, 0.2) is 12.2 Å². The maximum atomic E-state index is 12.0. The minimum absolute atomic E-state index is 0.280. The van der Waals surface area contributed by atoms with Gasteiger partial charge in [-0.05, 0) is 39.8 Å². The number of amides is 2. The van der Waals surface area contributed by atoms with Gasteiger partial charge in [0.1, 0.15) is 12.2 Å². The fourth-order valence-corrected chi connectivity index (χ4v) is 3.11. The Kier molecular flexibility index (Phi) is 10.1. The molecule has 0 atom stereocenters. The van der Waals surface area contributed by atoms with Gasteiger partial charge < -0.3 is 24.6 Å². The SMILES string of the molecule is CN(C)CCOC(=O)N1CC2(CCCCCCC2)OC1=O.O=C(O)/C=C/C(=O)O. The number of carboxylic acids is 2. The molecule has 1 heterocycles. The van der Waals surface area contributed by atoms with Crippen LogP contribution in [0.2, 0.25) is 0 Å². The fraction of sp³-hybridized carbons (Fsp3) is 0.684. The first-order valence-electron chi connectivity index (χ1n) is 9.61. The van der Waals surface area contributed by atoms with Crippen LogP contribution in [0.4, 0.5) is 9.59 Å². The minimum Gasteiger partial charge on any atom is -0.478 e. The highest BCUT2D eigenvalue weighted by molar-refractivity contribution is 5.90. The molecule has 1 spiro atoms. The molecule has 164 valence electrons. The Morgan fingerprint density at radius 3 is 2.07 bits per heavy atom. The van der Waals surface area contributed by atoms with Crippen molar-refractivity contribution in [3.05, 3.63) is 12.2 Å². The lowest BCUT2D eigenvalue weighted by Gasteiger charge is -2.28. The molecule has 1 aliphatic carbocycles. The van der Waals surface area contributed by atoms with Gasteiger partial charge >= 0.3 is 24.1 Å². The third-order valence-corrected chi connectivity index (χ3v) is 4.59. The highest BCUT2D eigenvalue weighted by Crippen LogP contribution is 2.35. The van der Waals surface area contributed by atoms with E-state index in [1.165, 1.54) is 19.3 Å². The molecule has 0 bridgehead atoms. The number of carbonyl (C=O) groups is 4. The Morgan fingerprint density at radius 1 is 1.07 bits per heavy atom. The van der Waals surface area contributed by atoms with Crippen LogP contribution in [0.5, 0.6) is 0 Å². The summed E-state index contributed by atoms with van der Waals surface area (Å²) in [5, 5.41) is 15.6. The van der Waals surface area contributed by atoms with Gasteiger partial charge in [-0.2, -0.15) is 0 Å². The summed E-state index contributed by atoms with van der Waals surface area (Å²) in [6.45, 7) is 1.26. The van der Waals surface area contributed by atoms with E-state index >= 15 is 0 Å². The molecule has 2 amide bonds. The van der Waals surface area contributed by atoms with E-state index in [1.807, 2.05) is 19.0 Å². The molecule has 10 nitrogen and oxygen atoms in total. The number of hydrogen-bond donors (Lipinski definition) is 2. The first-order chi connectivity index (χ1) is 13.6. The first-order valence-corrected chi connectivity index (χ1v) is 9.61. The predicted molar refractivity (Wildman–Crippen MR) is 103 cm³/mol. The van der Waals surface area contributed by atoms with E-state index in [1.54, 1.807) is 0 Å². The van der Waals surface area contributed by atoms with Crippen LogP contribution in [0.3, 0.4) is 0 Å². The molecule has 0 radical (unpaired) electrons. The zero-order valence-corrected chi connectivity index (χ0v) is 17.0. The van der Waals surface area contributed by atoms with Crippen molar-refractivity contribution in [1.29, 1.82) is 0 Å². The molecule has 1 saturated heterocycles. The molecule has 0 aromatic heterocycles. The molecule has 0 unspecified atom stereocenters. The van der Waals surface area contributed by atoms with Gasteiger partial charge in [0.15, 0.2) is 0 Å². The molecule has 1 aliphatic heterocycles. The van der Waals surface area contributed by atoms with Crippen LogP contribution < -0.4 is 0 Å². The van der Waals surface area contributed by atoms with Crippen LogP contribution in [0.1, 0.15) is 44.9 Å². The molecule has 29 heavy (non-hydrogen) atoms. The summed E-state index contributed by atoms with van der Waals surface area (Å²) in [6, 6.07) is 0. The van der Waals surface area contributed by atoms with Crippen molar-refractivity contribution in [2.75, 3.05) is 33.8 Å². The summed E-state index contributed by atoms with van der Waals surface area (Å²) < 4.78 is 10.7. The number of rotatable bonds is 5. The summed E-state index contributed by atoms with van der Waals surface area (Å²) in [6.07, 6.45) is 7.38. The highest BCUT2D eigenvalue weighted by atomic mass is 16.6. The molecular formula is C19H30N2O8. The number of carbonyl (C=O) groups excluding carboxylic acids is 2. The zero-order chi connectivity index (χ0) is 21.9. The number of ether oxygens (including phenoxy) is 2. The molecule has 2 N–H and O–H groups in total. The van der Waals surface area contributed by atoms with Crippen molar-refractivity contribution >= 4 is 24.1 Å². The van der Waals surface area contributed by atoms with Crippen LogP contribution in [0, 0.1) is 0 Å². The van der Waals surface area contributed by atoms with E-state index in [-0.39, 0.29) is 6.61 Å². The van der Waals surface area contributed by atoms with Crippen molar-refractivity contribution in [3.8, 4) is 0 Å². The molecule has 2 aliphatic rings. The molecule has 2 fully saturated rings. The van der Waals surface area contributed by atoms with Crippen LogP contribution >= 0.6 is 0 Å². The van der Waals surface area contributed by atoms with Gasteiger partial charge in [0.05, 0.1) is 6.54 Å². The van der Waals surface area contributed by atoms with Crippen molar-refractivity contribution < 1.29 is 38.9 Å². The maximum Gasteiger partial charge on any atom is 0.420 e. The standard InChI is InChI=1S/C15H26N2O4.C4H4O4/c1-16(2)10-11-20-13(18)17-12-15(21-14(17)19)8-6-4-3-5-7-9-15;5-3(6)1-2-4(7)8/h3-12H2,1-2H3;1-2H,(H,5,6)(H,7,8)/b;2-1+. The van der Waals surface area contributed by atoms with E-state index in [0.29, 0.717) is 25.2 Å². The van der Waals surface area contributed by atoms with E-state index in [0.717, 1.165) is 30.6 Å². The molecular weight excluding hydrogens is 384 g/mol. The Morgan fingerprint density at radius 2 is 1.59 bits per heavy atom.